The molecule has 0 aromatic heterocycles. The number of ether oxygens (including phenoxy) is 1. The predicted octanol–water partition coefficient (Wildman–Crippen LogP) is 4.85. The van der Waals surface area contributed by atoms with Crippen LogP contribution in [0.5, 0.6) is 5.75 Å². The van der Waals surface area contributed by atoms with Crippen molar-refractivity contribution in [1.82, 2.24) is 5.32 Å². The lowest BCUT2D eigenvalue weighted by Gasteiger charge is -2.19. The first-order valence-electron chi connectivity index (χ1n) is 8.76. The molecule has 2 heteroatoms. The molecule has 2 nitrogen and oxygen atoms in total. The molecule has 0 aliphatic heterocycles. The first-order chi connectivity index (χ1) is 11.2. The number of rotatable bonds is 7. The normalized spacial score (nSPS) is 12.1. The Balaban J connectivity index is 2.30. The molecule has 0 fully saturated rings. The van der Waals surface area contributed by atoms with Crippen LogP contribution in [0.4, 0.5) is 0 Å². The van der Waals surface area contributed by atoms with Crippen molar-refractivity contribution in [2.24, 2.45) is 10.8 Å². The molecule has 1 rings (SSSR count). The van der Waals surface area contributed by atoms with Gasteiger partial charge in [-0.3, -0.25) is 0 Å². The van der Waals surface area contributed by atoms with Crippen molar-refractivity contribution >= 4 is 0 Å². The fraction of sp³-hybridized carbons (Fsp3) is 0.545. The van der Waals surface area contributed by atoms with E-state index in [2.05, 4.69) is 83.0 Å². The van der Waals surface area contributed by atoms with E-state index in [0.717, 1.165) is 31.9 Å². The number of hydrogen-bond donors (Lipinski definition) is 1. The van der Waals surface area contributed by atoms with Gasteiger partial charge in [0, 0.05) is 12.0 Å². The predicted molar refractivity (Wildman–Crippen MR) is 104 cm³/mol. The van der Waals surface area contributed by atoms with E-state index in [4.69, 9.17) is 4.74 Å². The molecule has 0 unspecified atom stereocenters. The fourth-order valence-corrected chi connectivity index (χ4v) is 1.88. The van der Waals surface area contributed by atoms with Crippen molar-refractivity contribution in [2.75, 3.05) is 19.7 Å². The third-order valence-corrected chi connectivity index (χ3v) is 3.07. The Hall–Kier alpha value is -1.72. The quantitative estimate of drug-likeness (QED) is 0.571. The molecule has 0 aliphatic rings. The van der Waals surface area contributed by atoms with Gasteiger partial charge in [0.2, 0.25) is 0 Å². The number of benzene rings is 1. The van der Waals surface area contributed by atoms with Crippen molar-refractivity contribution in [1.29, 1.82) is 0 Å². The fourth-order valence-electron chi connectivity index (χ4n) is 1.88. The van der Waals surface area contributed by atoms with Crippen molar-refractivity contribution in [3.05, 3.63) is 42.0 Å². The van der Waals surface area contributed by atoms with Crippen LogP contribution in [0.3, 0.4) is 0 Å². The smallest absolute Gasteiger partial charge is 0.119 e. The summed E-state index contributed by atoms with van der Waals surface area (Å²) in [6.45, 7) is 15.4. The monoisotopic (exact) mass is 327 g/mol. The van der Waals surface area contributed by atoms with Crippen molar-refractivity contribution < 1.29 is 4.74 Å². The summed E-state index contributed by atoms with van der Waals surface area (Å²) in [5.41, 5.74) is 1.54. The number of hydrogen-bond acceptors (Lipinski definition) is 2. The van der Waals surface area contributed by atoms with E-state index in [1.165, 1.54) is 5.56 Å². The zero-order valence-electron chi connectivity index (χ0n) is 16.2. The molecule has 1 N–H and O–H groups in total. The molecule has 0 spiro atoms. The van der Waals surface area contributed by atoms with Gasteiger partial charge in [-0.05, 0) is 62.9 Å². The number of allylic oxidation sites excluding steroid dienone is 1. The molecule has 0 atom stereocenters. The lowest BCUT2D eigenvalue weighted by atomic mass is 9.98. The first-order valence-corrected chi connectivity index (χ1v) is 8.76. The van der Waals surface area contributed by atoms with E-state index in [0.29, 0.717) is 0 Å². The Morgan fingerprint density at radius 2 is 1.88 bits per heavy atom. The molecule has 0 radical (unpaired) electrons. The molecule has 24 heavy (non-hydrogen) atoms. The molecule has 1 aromatic rings. The van der Waals surface area contributed by atoms with Crippen LogP contribution in [0.1, 0.15) is 47.1 Å². The zero-order chi connectivity index (χ0) is 18.1. The lowest BCUT2D eigenvalue weighted by molar-refractivity contribution is 0.198. The van der Waals surface area contributed by atoms with Crippen LogP contribution in [0.25, 0.3) is 0 Å². The summed E-state index contributed by atoms with van der Waals surface area (Å²) in [5.74, 6) is 7.23. The summed E-state index contributed by atoms with van der Waals surface area (Å²) in [6, 6.07) is 8.38. The molecular weight excluding hydrogens is 294 g/mol. The Morgan fingerprint density at radius 1 is 1.12 bits per heavy atom. The molecule has 132 valence electrons. The van der Waals surface area contributed by atoms with Gasteiger partial charge in [0.25, 0.3) is 0 Å². The molecule has 0 heterocycles. The summed E-state index contributed by atoms with van der Waals surface area (Å²) >= 11 is 0. The summed E-state index contributed by atoms with van der Waals surface area (Å²) in [6.07, 6.45) is 5.00. The van der Waals surface area contributed by atoms with Gasteiger partial charge in [-0.2, -0.15) is 0 Å². The standard InChI is InChI=1S/C22H33NO/c1-21(2,3)14-8-7-9-15-23-16-13-19-11-10-12-20(17-19)24-18-22(4,5)6/h7,9-12,17,23H,13,15-16,18H2,1-6H3/b9-7+. The molecule has 1 aromatic carbocycles. The van der Waals surface area contributed by atoms with Gasteiger partial charge in [-0.15, -0.1) is 0 Å². The highest BCUT2D eigenvalue weighted by Crippen LogP contribution is 2.18. The van der Waals surface area contributed by atoms with Crippen molar-refractivity contribution in [2.45, 2.75) is 48.0 Å². The summed E-state index contributed by atoms with van der Waals surface area (Å²) in [4.78, 5) is 0. The van der Waals surface area contributed by atoms with Crippen molar-refractivity contribution in [3.63, 3.8) is 0 Å². The Kier molecular flexibility index (Phi) is 8.08. The van der Waals surface area contributed by atoms with Crippen LogP contribution in [-0.2, 0) is 6.42 Å². The van der Waals surface area contributed by atoms with E-state index in [9.17, 15) is 0 Å². The van der Waals surface area contributed by atoms with Gasteiger partial charge in [0.1, 0.15) is 5.75 Å². The molecule has 0 amide bonds. The van der Waals surface area contributed by atoms with Gasteiger partial charge < -0.3 is 10.1 Å². The Morgan fingerprint density at radius 3 is 2.54 bits per heavy atom. The molecule has 0 bridgehead atoms. The average Bonchev–Trinajstić information content (AvgIpc) is 2.46. The maximum atomic E-state index is 5.86. The van der Waals surface area contributed by atoms with Gasteiger partial charge in [0.15, 0.2) is 0 Å². The minimum Gasteiger partial charge on any atom is -0.493 e. The maximum absolute atomic E-state index is 5.86. The molecule has 0 saturated carbocycles. The van der Waals surface area contributed by atoms with E-state index in [-0.39, 0.29) is 10.8 Å². The van der Waals surface area contributed by atoms with Crippen molar-refractivity contribution in [3.8, 4) is 17.6 Å². The third kappa shape index (κ3) is 10.9. The van der Waals surface area contributed by atoms with Gasteiger partial charge >= 0.3 is 0 Å². The van der Waals surface area contributed by atoms with Gasteiger partial charge in [-0.1, -0.05) is 50.8 Å². The van der Waals surface area contributed by atoms with Crippen LogP contribution in [-0.4, -0.2) is 19.7 Å². The van der Waals surface area contributed by atoms with E-state index in [1.807, 2.05) is 12.1 Å². The second kappa shape index (κ2) is 9.55. The highest BCUT2D eigenvalue weighted by atomic mass is 16.5. The third-order valence-electron chi connectivity index (χ3n) is 3.07. The summed E-state index contributed by atoms with van der Waals surface area (Å²) in [7, 11) is 0. The molecule has 0 aliphatic carbocycles. The second-order valence-electron chi connectivity index (χ2n) is 8.37. The van der Waals surface area contributed by atoms with E-state index in [1.54, 1.807) is 0 Å². The van der Waals surface area contributed by atoms with Crippen LogP contribution < -0.4 is 10.1 Å². The molecule has 0 saturated heterocycles. The second-order valence-corrected chi connectivity index (χ2v) is 8.37. The minimum atomic E-state index is 0.0673. The highest BCUT2D eigenvalue weighted by molar-refractivity contribution is 5.28. The highest BCUT2D eigenvalue weighted by Gasteiger charge is 2.11. The number of nitrogens with one attached hydrogen (secondary N) is 1. The van der Waals surface area contributed by atoms with Crippen LogP contribution in [0.15, 0.2) is 36.4 Å². The van der Waals surface area contributed by atoms with Gasteiger partial charge in [0.05, 0.1) is 6.61 Å². The zero-order valence-corrected chi connectivity index (χ0v) is 16.2. The van der Waals surface area contributed by atoms with Crippen LogP contribution in [0.2, 0.25) is 0 Å². The Labute approximate surface area is 148 Å². The average molecular weight is 328 g/mol. The first kappa shape index (κ1) is 20.3. The van der Waals surface area contributed by atoms with E-state index < -0.39 is 0 Å². The minimum absolute atomic E-state index is 0.0673. The Bertz CT molecular complexity index is 576. The topological polar surface area (TPSA) is 21.3 Å². The largest absolute Gasteiger partial charge is 0.493 e. The summed E-state index contributed by atoms with van der Waals surface area (Å²) in [5, 5.41) is 3.41. The maximum Gasteiger partial charge on any atom is 0.119 e. The SMILES string of the molecule is CC(C)(C)C#C/C=C/CNCCc1cccc(OCC(C)(C)C)c1. The van der Waals surface area contributed by atoms with Crippen LogP contribution >= 0.6 is 0 Å². The summed E-state index contributed by atoms with van der Waals surface area (Å²) < 4.78 is 5.86. The van der Waals surface area contributed by atoms with Gasteiger partial charge in [-0.25, -0.2) is 0 Å². The molecular formula is C22H33NO. The lowest BCUT2D eigenvalue weighted by Crippen LogP contribution is -2.18. The van der Waals surface area contributed by atoms with Crippen LogP contribution in [0, 0.1) is 22.7 Å². The van der Waals surface area contributed by atoms with E-state index >= 15 is 0 Å².